The summed E-state index contributed by atoms with van der Waals surface area (Å²) >= 11 is 0. The third-order valence-electron chi connectivity index (χ3n) is 7.64. The second-order valence-corrected chi connectivity index (χ2v) is 15.7. The van der Waals surface area contributed by atoms with Gasteiger partial charge in [-0.2, -0.15) is 13.2 Å². The molecule has 1 fully saturated rings. The number of aliphatic hydroxyl groups is 2. The molecule has 0 radical (unpaired) electrons. The predicted octanol–water partition coefficient (Wildman–Crippen LogP) is 2.63. The molecule has 17 nitrogen and oxygen atoms in total. The molecule has 0 saturated carbocycles. The van der Waals surface area contributed by atoms with Crippen LogP contribution in [0.1, 0.15) is 17.4 Å². The zero-order valence-corrected chi connectivity index (χ0v) is 28.6. The van der Waals surface area contributed by atoms with Gasteiger partial charge in [0.1, 0.15) is 24.0 Å². The van der Waals surface area contributed by atoms with E-state index >= 15 is 0 Å². The Morgan fingerprint density at radius 3 is 2.25 bits per heavy atom. The summed E-state index contributed by atoms with van der Waals surface area (Å²) in [6.45, 7) is -1.88. The van der Waals surface area contributed by atoms with Crippen molar-refractivity contribution in [3.8, 4) is 11.3 Å². The number of fused-ring (bicyclic) bond motifs is 2. The second kappa shape index (κ2) is 14.3. The molecule has 5 aromatic rings. The van der Waals surface area contributed by atoms with E-state index in [0.29, 0.717) is 5.56 Å². The lowest BCUT2D eigenvalue weighted by molar-refractivity contribution is -0.252. The van der Waals surface area contributed by atoms with E-state index in [-0.39, 0.29) is 16.9 Å². The standard InChI is InChI=1S/C29H27F3N3O14P3/c30-29(31,32)21-7-3-6-20(13-21)22-14-35-24(33-22)10-11-34(28(35)38)27-26(37)25(36)23(47-27)16-46-51(41,42)49-52(43,44)48-50(39,40)45-15-17-8-9-18-4-1-2-5-19(18)12-17/h1-14,23,25-27,36-37H,15-16H2,(H,39,40)(H,41,42)(H,43,44)/p-3/t23-,25?,26+,27-/m1/s1. The number of halogens is 3. The molecule has 3 heterocycles. The molecule has 2 aromatic heterocycles. The fourth-order valence-electron chi connectivity index (χ4n) is 5.24. The SMILES string of the molecule is O=c1n([C@@H]2O[C@H](COP(=O)([O-])OP(=O)([O-])OP(=O)([O-])OCc3ccc4ccccc4c3)C(O)[C@@H]2O)ccc2nc(-c3cccc(C(F)(F)F)c3)cn12. The van der Waals surface area contributed by atoms with Crippen molar-refractivity contribution in [3.63, 3.8) is 0 Å². The summed E-state index contributed by atoms with van der Waals surface area (Å²) in [6, 6.07) is 17.2. The Morgan fingerprint density at radius 2 is 1.54 bits per heavy atom. The largest absolute Gasteiger partial charge is 0.756 e. The molecule has 278 valence electrons. The Hall–Kier alpha value is -3.58. The first-order valence-electron chi connectivity index (χ1n) is 14.7. The molecule has 1 aliphatic rings. The number of alkyl halides is 3. The second-order valence-electron chi connectivity index (χ2n) is 11.2. The normalized spacial score (nSPS) is 23.0. The molecule has 0 amide bonds. The molecule has 1 saturated heterocycles. The monoisotopic (exact) mass is 788 g/mol. The number of imidazole rings is 1. The summed E-state index contributed by atoms with van der Waals surface area (Å²) in [6.07, 6.45) is -9.68. The van der Waals surface area contributed by atoms with Gasteiger partial charge in [-0.15, -0.1) is 0 Å². The van der Waals surface area contributed by atoms with Gasteiger partial charge in [-0.05, 0) is 40.6 Å². The van der Waals surface area contributed by atoms with Crippen molar-refractivity contribution in [2.24, 2.45) is 0 Å². The van der Waals surface area contributed by atoms with Crippen molar-refractivity contribution in [1.29, 1.82) is 0 Å². The van der Waals surface area contributed by atoms with Crippen LogP contribution in [0.3, 0.4) is 0 Å². The van der Waals surface area contributed by atoms with E-state index in [9.17, 15) is 56.6 Å². The van der Waals surface area contributed by atoms with Gasteiger partial charge in [0.25, 0.3) is 23.5 Å². The average molecular weight is 788 g/mol. The van der Waals surface area contributed by atoms with Crippen molar-refractivity contribution in [2.45, 2.75) is 37.3 Å². The summed E-state index contributed by atoms with van der Waals surface area (Å²) in [7, 11) is -17.9. The molecule has 0 bridgehead atoms. The number of phosphoric ester groups is 2. The zero-order chi connectivity index (χ0) is 37.6. The molecule has 23 heteroatoms. The number of aromatic nitrogens is 3. The third-order valence-corrected chi connectivity index (χ3v) is 11.8. The van der Waals surface area contributed by atoms with E-state index in [4.69, 9.17) is 4.74 Å². The molecule has 3 aromatic carbocycles. The zero-order valence-electron chi connectivity index (χ0n) is 25.9. The van der Waals surface area contributed by atoms with Crippen LogP contribution in [0.15, 0.2) is 90.0 Å². The van der Waals surface area contributed by atoms with E-state index in [1.165, 1.54) is 18.2 Å². The van der Waals surface area contributed by atoms with Crippen molar-refractivity contribution in [1.82, 2.24) is 14.0 Å². The summed E-state index contributed by atoms with van der Waals surface area (Å²) < 4.78 is 100.0. The Kier molecular flexibility index (Phi) is 10.5. The Labute approximate surface area is 289 Å². The highest BCUT2D eigenvalue weighted by Gasteiger charge is 2.45. The highest BCUT2D eigenvalue weighted by atomic mass is 31.3. The summed E-state index contributed by atoms with van der Waals surface area (Å²) in [4.78, 5) is 54.0. The highest BCUT2D eigenvalue weighted by molar-refractivity contribution is 7.65. The molecular formula is C29H24F3N3O14P3-3. The van der Waals surface area contributed by atoms with Gasteiger partial charge in [-0.3, -0.25) is 22.7 Å². The van der Waals surface area contributed by atoms with Crippen LogP contribution in [0.5, 0.6) is 0 Å². The van der Waals surface area contributed by atoms with Crippen molar-refractivity contribution >= 4 is 39.9 Å². The maximum Gasteiger partial charge on any atom is 0.416 e. The number of aliphatic hydroxyl groups excluding tert-OH is 2. The highest BCUT2D eigenvalue weighted by Crippen LogP contribution is 2.63. The maximum absolute atomic E-state index is 13.3. The fourth-order valence-corrected chi connectivity index (χ4v) is 8.60. The van der Waals surface area contributed by atoms with Gasteiger partial charge in [0.05, 0.1) is 24.5 Å². The Morgan fingerprint density at radius 1 is 0.846 bits per heavy atom. The van der Waals surface area contributed by atoms with Gasteiger partial charge in [-0.25, -0.2) is 18.4 Å². The van der Waals surface area contributed by atoms with E-state index in [0.717, 1.165) is 50.3 Å². The lowest BCUT2D eigenvalue weighted by atomic mass is 10.1. The van der Waals surface area contributed by atoms with Gasteiger partial charge in [-0.1, -0.05) is 48.5 Å². The van der Waals surface area contributed by atoms with E-state index in [1.54, 1.807) is 36.4 Å². The number of hydrogen-bond donors (Lipinski definition) is 2. The minimum atomic E-state index is -6.22. The lowest BCUT2D eigenvalue weighted by Crippen LogP contribution is -2.37. The number of benzene rings is 3. The first-order valence-corrected chi connectivity index (χ1v) is 19.1. The molecule has 0 spiro atoms. The van der Waals surface area contributed by atoms with Crippen molar-refractivity contribution in [2.75, 3.05) is 6.61 Å². The minimum Gasteiger partial charge on any atom is -0.756 e. The van der Waals surface area contributed by atoms with Crippen LogP contribution < -0.4 is 20.4 Å². The van der Waals surface area contributed by atoms with Gasteiger partial charge in [0, 0.05) is 18.0 Å². The van der Waals surface area contributed by atoms with Crippen molar-refractivity contribution in [3.05, 3.63) is 107 Å². The Balaban J connectivity index is 1.08. The summed E-state index contributed by atoms with van der Waals surface area (Å²) in [5.41, 5.74) is -1.55. The molecule has 6 rings (SSSR count). The van der Waals surface area contributed by atoms with Crippen LogP contribution >= 0.6 is 23.5 Å². The van der Waals surface area contributed by atoms with Crippen molar-refractivity contribution < 1.29 is 74.2 Å². The topological polar surface area (TPSA) is 246 Å². The average Bonchev–Trinajstić information content (AvgIpc) is 3.63. The van der Waals surface area contributed by atoms with Crippen LogP contribution in [0.25, 0.3) is 27.7 Å². The molecule has 1 aliphatic heterocycles. The molecule has 0 aliphatic carbocycles. The molecule has 2 N–H and O–H groups in total. The number of ether oxygens (including phenoxy) is 1. The lowest BCUT2D eigenvalue weighted by Gasteiger charge is -2.34. The molecule has 7 atom stereocenters. The fraction of sp³-hybridized carbons (Fsp3) is 0.241. The van der Waals surface area contributed by atoms with E-state index in [1.807, 2.05) is 0 Å². The van der Waals surface area contributed by atoms with Crippen LogP contribution in [0.4, 0.5) is 13.2 Å². The Bertz CT molecular complexity index is 2340. The third kappa shape index (κ3) is 8.62. The molecular weight excluding hydrogens is 764 g/mol. The number of rotatable bonds is 12. The van der Waals surface area contributed by atoms with Gasteiger partial charge in [0.2, 0.25) is 0 Å². The predicted molar refractivity (Wildman–Crippen MR) is 165 cm³/mol. The quantitative estimate of drug-likeness (QED) is 0.173. The van der Waals surface area contributed by atoms with Crippen LogP contribution in [0.2, 0.25) is 0 Å². The van der Waals surface area contributed by atoms with Crippen LogP contribution in [-0.2, 0) is 48.9 Å². The van der Waals surface area contributed by atoms with Gasteiger partial charge >= 0.3 is 11.9 Å². The minimum absolute atomic E-state index is 0.00278. The van der Waals surface area contributed by atoms with Gasteiger partial charge in [0.15, 0.2) is 6.23 Å². The number of nitrogens with zero attached hydrogens (tertiary/aromatic N) is 3. The maximum atomic E-state index is 13.3. The molecule has 4 unspecified atom stereocenters. The first kappa shape index (κ1) is 38.2. The van der Waals surface area contributed by atoms with E-state index < -0.39 is 78.7 Å². The summed E-state index contributed by atoms with van der Waals surface area (Å²) in [5, 5.41) is 22.6. The smallest absolute Gasteiger partial charge is 0.416 e. The summed E-state index contributed by atoms with van der Waals surface area (Å²) in [5.74, 6) is 0. The van der Waals surface area contributed by atoms with Gasteiger partial charge < -0.3 is 38.7 Å². The first-order chi connectivity index (χ1) is 24.3. The number of phosphoric acid groups is 3. The molecule has 52 heavy (non-hydrogen) atoms. The van der Waals surface area contributed by atoms with E-state index in [2.05, 4.69) is 22.7 Å². The van der Waals surface area contributed by atoms with Crippen LogP contribution in [-0.4, -0.2) is 49.1 Å². The van der Waals surface area contributed by atoms with Crippen LogP contribution in [0, 0.1) is 0 Å². The number of hydrogen-bond acceptors (Lipinski definition) is 15.